The fourth-order valence-electron chi connectivity index (χ4n) is 3.09. The Balaban J connectivity index is 1.76. The van der Waals surface area contributed by atoms with Gasteiger partial charge in [0.1, 0.15) is 12.3 Å². The Bertz CT molecular complexity index is 1300. The number of methoxy groups -OCH3 is 2. The van der Waals surface area contributed by atoms with E-state index >= 15 is 0 Å². The highest BCUT2D eigenvalue weighted by atomic mass is 32.2. The third-order valence-electron chi connectivity index (χ3n) is 4.80. The summed E-state index contributed by atoms with van der Waals surface area (Å²) >= 11 is 1.30. The minimum Gasteiger partial charge on any atom is -0.497 e. The van der Waals surface area contributed by atoms with Gasteiger partial charge >= 0.3 is 5.97 Å². The maximum Gasteiger partial charge on any atom is 0.325 e. The molecule has 0 atom stereocenters. The molecular formula is C22H24N2O6S2. The number of hydrogen-bond donors (Lipinski definition) is 0. The molecule has 1 heterocycles. The van der Waals surface area contributed by atoms with Crippen molar-refractivity contribution in [3.63, 3.8) is 0 Å². The molecule has 3 rings (SSSR count). The number of ether oxygens (including phenoxy) is 2. The molecule has 10 heteroatoms. The summed E-state index contributed by atoms with van der Waals surface area (Å²) < 4.78 is 37.3. The number of thiazole rings is 1. The van der Waals surface area contributed by atoms with Gasteiger partial charge in [-0.3, -0.25) is 9.59 Å². The van der Waals surface area contributed by atoms with E-state index in [0.29, 0.717) is 10.6 Å². The van der Waals surface area contributed by atoms with Crippen molar-refractivity contribution in [3.8, 4) is 5.75 Å². The molecule has 2 aromatic carbocycles. The molecule has 170 valence electrons. The molecule has 0 radical (unpaired) electrons. The van der Waals surface area contributed by atoms with E-state index in [4.69, 9.17) is 9.47 Å². The van der Waals surface area contributed by atoms with Crippen LogP contribution in [0.5, 0.6) is 5.75 Å². The molecule has 0 aliphatic carbocycles. The number of carbonyl (C=O) groups excluding carboxylic acids is 2. The van der Waals surface area contributed by atoms with Crippen molar-refractivity contribution in [1.29, 1.82) is 0 Å². The zero-order valence-corrected chi connectivity index (χ0v) is 19.7. The predicted octanol–water partition coefficient (Wildman–Crippen LogP) is 2.87. The van der Waals surface area contributed by atoms with Crippen LogP contribution < -0.4 is 9.54 Å². The molecule has 0 N–H and O–H groups in total. The van der Waals surface area contributed by atoms with Crippen LogP contribution in [0.25, 0.3) is 10.2 Å². The van der Waals surface area contributed by atoms with Crippen molar-refractivity contribution in [2.24, 2.45) is 4.99 Å². The third-order valence-corrected chi connectivity index (χ3v) is 7.65. The van der Waals surface area contributed by atoms with Crippen LogP contribution in [-0.4, -0.2) is 44.8 Å². The first-order chi connectivity index (χ1) is 15.2. The molecular weight excluding hydrogens is 452 g/mol. The number of amides is 1. The lowest BCUT2D eigenvalue weighted by molar-refractivity contribution is -0.141. The van der Waals surface area contributed by atoms with Crippen LogP contribution in [0.3, 0.4) is 0 Å². The number of sulfone groups is 1. The summed E-state index contributed by atoms with van der Waals surface area (Å²) in [4.78, 5) is 29.0. The Labute approximate surface area is 190 Å². The lowest BCUT2D eigenvalue weighted by Gasteiger charge is -2.05. The second-order valence-corrected chi connectivity index (χ2v) is 10.2. The molecule has 0 fully saturated rings. The summed E-state index contributed by atoms with van der Waals surface area (Å²) in [6.45, 7) is 1.88. The van der Waals surface area contributed by atoms with Gasteiger partial charge in [-0.1, -0.05) is 17.4 Å². The average Bonchev–Trinajstić information content (AvgIpc) is 3.09. The number of carbonyl (C=O) groups is 2. The smallest absolute Gasteiger partial charge is 0.325 e. The number of aryl methyl sites for hydroxylation is 1. The van der Waals surface area contributed by atoms with Gasteiger partial charge in [0.25, 0.3) is 0 Å². The summed E-state index contributed by atoms with van der Waals surface area (Å²) in [5.41, 5.74) is 1.82. The number of fused-ring (bicyclic) bond motifs is 1. The monoisotopic (exact) mass is 476 g/mol. The van der Waals surface area contributed by atoms with Gasteiger partial charge in [0.05, 0.1) is 35.1 Å². The Kier molecular flexibility index (Phi) is 7.47. The van der Waals surface area contributed by atoms with Crippen molar-refractivity contribution in [1.82, 2.24) is 4.57 Å². The van der Waals surface area contributed by atoms with Crippen LogP contribution in [0.4, 0.5) is 0 Å². The number of aromatic nitrogens is 1. The van der Waals surface area contributed by atoms with E-state index < -0.39 is 21.7 Å². The SMILES string of the molecule is COC(=O)Cn1c(=NC(=O)CCCS(=O)(=O)c2ccc(OC)cc2)sc2cc(C)ccc21. The summed E-state index contributed by atoms with van der Waals surface area (Å²) in [6, 6.07) is 11.9. The van der Waals surface area contributed by atoms with Crippen molar-refractivity contribution >= 4 is 43.3 Å². The largest absolute Gasteiger partial charge is 0.497 e. The van der Waals surface area contributed by atoms with Gasteiger partial charge in [-0.25, -0.2) is 8.42 Å². The van der Waals surface area contributed by atoms with Crippen LogP contribution in [0, 0.1) is 6.92 Å². The summed E-state index contributed by atoms with van der Waals surface area (Å²) in [7, 11) is -0.716. The first kappa shape index (κ1) is 23.7. The van der Waals surface area contributed by atoms with Gasteiger partial charge in [0, 0.05) is 6.42 Å². The van der Waals surface area contributed by atoms with E-state index in [1.54, 1.807) is 16.7 Å². The molecule has 0 unspecified atom stereocenters. The first-order valence-corrected chi connectivity index (χ1v) is 12.3. The Hall–Kier alpha value is -2.98. The van der Waals surface area contributed by atoms with E-state index in [1.165, 1.54) is 37.7 Å². The molecule has 0 saturated carbocycles. The van der Waals surface area contributed by atoms with Crippen molar-refractivity contribution < 1.29 is 27.5 Å². The highest BCUT2D eigenvalue weighted by Crippen LogP contribution is 2.20. The minimum atomic E-state index is -3.52. The number of nitrogens with zero attached hydrogens (tertiary/aromatic N) is 2. The van der Waals surface area contributed by atoms with Gasteiger partial charge < -0.3 is 14.0 Å². The second-order valence-electron chi connectivity index (χ2n) is 7.12. The van der Waals surface area contributed by atoms with E-state index in [-0.39, 0.29) is 30.0 Å². The van der Waals surface area contributed by atoms with Crippen LogP contribution in [0.15, 0.2) is 52.4 Å². The van der Waals surface area contributed by atoms with Gasteiger partial charge in [-0.05, 0) is 55.3 Å². The molecule has 0 spiro atoms. The molecule has 0 aliphatic rings. The highest BCUT2D eigenvalue weighted by molar-refractivity contribution is 7.91. The Morgan fingerprint density at radius 2 is 1.81 bits per heavy atom. The Morgan fingerprint density at radius 3 is 2.47 bits per heavy atom. The first-order valence-electron chi connectivity index (χ1n) is 9.84. The van der Waals surface area contributed by atoms with Crippen molar-refractivity contribution in [3.05, 3.63) is 52.8 Å². The zero-order valence-electron chi connectivity index (χ0n) is 18.0. The fraction of sp³-hybridized carbons (Fsp3) is 0.318. The van der Waals surface area contributed by atoms with E-state index in [2.05, 4.69) is 4.99 Å². The topological polar surface area (TPSA) is 104 Å². The van der Waals surface area contributed by atoms with Crippen molar-refractivity contribution in [2.45, 2.75) is 31.2 Å². The molecule has 32 heavy (non-hydrogen) atoms. The molecule has 3 aromatic rings. The Morgan fingerprint density at radius 1 is 1.09 bits per heavy atom. The van der Waals surface area contributed by atoms with Gasteiger partial charge in [-0.2, -0.15) is 4.99 Å². The quantitative estimate of drug-likeness (QED) is 0.463. The lowest BCUT2D eigenvalue weighted by Crippen LogP contribution is -2.22. The maximum atomic E-state index is 12.5. The highest BCUT2D eigenvalue weighted by Gasteiger charge is 2.16. The second kappa shape index (κ2) is 10.1. The van der Waals surface area contributed by atoms with E-state index in [1.807, 2.05) is 25.1 Å². The van der Waals surface area contributed by atoms with E-state index in [9.17, 15) is 18.0 Å². The summed E-state index contributed by atoms with van der Waals surface area (Å²) in [6.07, 6.45) is 0.110. The lowest BCUT2D eigenvalue weighted by atomic mass is 10.2. The van der Waals surface area contributed by atoms with Gasteiger partial charge in [0.15, 0.2) is 14.6 Å². The fourth-order valence-corrected chi connectivity index (χ4v) is 5.54. The normalized spacial score (nSPS) is 12.2. The molecule has 1 aromatic heterocycles. The average molecular weight is 477 g/mol. The number of esters is 1. The van der Waals surface area contributed by atoms with Gasteiger partial charge in [0.2, 0.25) is 5.91 Å². The van der Waals surface area contributed by atoms with Crippen molar-refractivity contribution in [2.75, 3.05) is 20.0 Å². The molecule has 0 bridgehead atoms. The van der Waals surface area contributed by atoms with E-state index in [0.717, 1.165) is 15.8 Å². The third kappa shape index (κ3) is 5.63. The summed E-state index contributed by atoms with van der Waals surface area (Å²) in [5.74, 6) is -0.507. The standard InChI is InChI=1S/C22H24N2O6S2/c1-15-6-11-18-19(13-15)31-22(24(18)14-21(26)30-3)23-20(25)5-4-12-32(27,28)17-9-7-16(29-2)8-10-17/h6-11,13H,4-5,12,14H2,1-3H3. The predicted molar refractivity (Wildman–Crippen MR) is 121 cm³/mol. The molecule has 8 nitrogen and oxygen atoms in total. The number of hydrogen-bond acceptors (Lipinski definition) is 7. The minimum absolute atomic E-state index is 0.0269. The van der Waals surface area contributed by atoms with Crippen LogP contribution in [0.2, 0.25) is 0 Å². The maximum absolute atomic E-state index is 12.5. The molecule has 0 saturated heterocycles. The van der Waals surface area contributed by atoms with Gasteiger partial charge in [-0.15, -0.1) is 0 Å². The number of benzene rings is 2. The van der Waals surface area contributed by atoms with Crippen LogP contribution in [0.1, 0.15) is 18.4 Å². The number of rotatable bonds is 8. The van der Waals surface area contributed by atoms with Crippen LogP contribution in [-0.2, 0) is 30.7 Å². The summed E-state index contributed by atoms with van der Waals surface area (Å²) in [5, 5.41) is 0. The molecule has 1 amide bonds. The molecule has 0 aliphatic heterocycles. The zero-order chi connectivity index (χ0) is 23.3. The van der Waals surface area contributed by atoms with Crippen LogP contribution >= 0.6 is 11.3 Å².